The molecular weight excluding hydrogens is 462 g/mol. The summed E-state index contributed by atoms with van der Waals surface area (Å²) in [6, 6.07) is 24.1. The van der Waals surface area contributed by atoms with Gasteiger partial charge < -0.3 is 20.1 Å². The molecule has 182 valence electrons. The minimum absolute atomic E-state index is 0.125. The molecule has 0 atom stereocenters. The number of ether oxygens (including phenoxy) is 2. The number of hydrogen-bond acceptors (Lipinski definition) is 4. The Morgan fingerprint density at radius 1 is 0.833 bits per heavy atom. The molecule has 4 bridgehead atoms. The summed E-state index contributed by atoms with van der Waals surface area (Å²) in [5, 5.41) is 5.88. The van der Waals surface area contributed by atoms with Crippen LogP contribution in [0, 0.1) is 11.6 Å². The van der Waals surface area contributed by atoms with E-state index in [0.29, 0.717) is 34.8 Å². The van der Waals surface area contributed by atoms with Gasteiger partial charge in [0.15, 0.2) is 0 Å². The number of rotatable bonds is 3. The third kappa shape index (κ3) is 5.15. The lowest BCUT2D eigenvalue weighted by Gasteiger charge is -2.16. The Labute approximate surface area is 207 Å². The number of benzene rings is 4. The Kier molecular flexibility index (Phi) is 6.80. The summed E-state index contributed by atoms with van der Waals surface area (Å²) >= 11 is 0. The zero-order valence-electron chi connectivity index (χ0n) is 19.4. The largest absolute Gasteiger partial charge is 0.491 e. The lowest BCUT2D eigenvalue weighted by atomic mass is 10.0. The van der Waals surface area contributed by atoms with E-state index in [1.54, 1.807) is 42.5 Å². The van der Waals surface area contributed by atoms with Crippen LogP contribution >= 0.6 is 0 Å². The molecule has 7 heteroatoms. The van der Waals surface area contributed by atoms with Crippen LogP contribution in [0.5, 0.6) is 11.5 Å². The van der Waals surface area contributed by atoms with Crippen molar-refractivity contribution in [1.82, 2.24) is 5.32 Å². The Morgan fingerprint density at radius 2 is 1.64 bits per heavy atom. The fourth-order valence-electron chi connectivity index (χ4n) is 4.06. The number of amides is 1. The normalized spacial score (nSPS) is 13.2. The molecule has 5 nitrogen and oxygen atoms in total. The molecule has 1 amide bonds. The zero-order chi connectivity index (χ0) is 24.9. The van der Waals surface area contributed by atoms with Gasteiger partial charge in [0, 0.05) is 34.9 Å². The van der Waals surface area contributed by atoms with Crippen molar-refractivity contribution >= 4 is 11.6 Å². The van der Waals surface area contributed by atoms with Gasteiger partial charge in [0.1, 0.15) is 36.3 Å². The highest BCUT2D eigenvalue weighted by molar-refractivity contribution is 5.94. The van der Waals surface area contributed by atoms with Crippen LogP contribution in [0.25, 0.3) is 11.1 Å². The molecule has 0 unspecified atom stereocenters. The van der Waals surface area contributed by atoms with Crippen LogP contribution in [0.1, 0.15) is 21.5 Å². The minimum Gasteiger partial charge on any atom is -0.491 e. The Hall–Kier alpha value is -4.39. The standard InChI is InChI=1S/C29H24F2N2O3/c30-24-16-25(31)26-15-23(24)22-8-4-5-9-28(22)35-13-12-32-29(34)20-10-11-27(21(14-20)17-33-26)36-18-19-6-2-1-3-7-19/h1-11,14-16,33H,12-13,17-18H2,(H,32,34). The molecule has 1 aliphatic heterocycles. The summed E-state index contributed by atoms with van der Waals surface area (Å²) in [5.74, 6) is -0.686. The summed E-state index contributed by atoms with van der Waals surface area (Å²) in [4.78, 5) is 12.8. The first-order chi connectivity index (χ1) is 17.6. The van der Waals surface area contributed by atoms with Crippen LogP contribution in [0.15, 0.2) is 84.9 Å². The zero-order valence-corrected chi connectivity index (χ0v) is 19.4. The lowest BCUT2D eigenvalue weighted by molar-refractivity contribution is 0.0947. The monoisotopic (exact) mass is 486 g/mol. The van der Waals surface area contributed by atoms with E-state index < -0.39 is 11.6 Å². The van der Waals surface area contributed by atoms with Gasteiger partial charge in [-0.25, -0.2) is 8.78 Å². The van der Waals surface area contributed by atoms with Crippen molar-refractivity contribution in [2.45, 2.75) is 13.2 Å². The molecule has 0 aromatic heterocycles. The first-order valence-corrected chi connectivity index (χ1v) is 11.6. The van der Waals surface area contributed by atoms with Crippen molar-refractivity contribution in [3.63, 3.8) is 0 Å². The highest BCUT2D eigenvalue weighted by Crippen LogP contribution is 2.35. The van der Waals surface area contributed by atoms with Crippen molar-refractivity contribution in [3.8, 4) is 22.6 Å². The lowest BCUT2D eigenvalue weighted by Crippen LogP contribution is -2.28. The number of nitrogens with one attached hydrogen (secondary N) is 2. The third-order valence-corrected chi connectivity index (χ3v) is 5.91. The summed E-state index contributed by atoms with van der Waals surface area (Å²) in [6.07, 6.45) is 0. The molecule has 4 aromatic carbocycles. The molecule has 0 saturated carbocycles. The number of carbonyl (C=O) groups is 1. The first-order valence-electron chi connectivity index (χ1n) is 11.6. The Morgan fingerprint density at radius 3 is 2.50 bits per heavy atom. The van der Waals surface area contributed by atoms with Gasteiger partial charge in [-0.1, -0.05) is 48.5 Å². The second-order valence-electron chi connectivity index (χ2n) is 8.36. The first kappa shape index (κ1) is 23.4. The van der Waals surface area contributed by atoms with E-state index >= 15 is 0 Å². The molecular formula is C29H24F2N2O3. The second kappa shape index (κ2) is 10.5. The van der Waals surface area contributed by atoms with Crippen LogP contribution in [-0.4, -0.2) is 19.1 Å². The van der Waals surface area contributed by atoms with Gasteiger partial charge in [-0.15, -0.1) is 0 Å². The second-order valence-corrected chi connectivity index (χ2v) is 8.36. The Bertz CT molecular complexity index is 1390. The van der Waals surface area contributed by atoms with Crippen molar-refractivity contribution in [2.75, 3.05) is 18.5 Å². The van der Waals surface area contributed by atoms with Crippen molar-refractivity contribution in [3.05, 3.63) is 113 Å². The van der Waals surface area contributed by atoms with Crippen molar-refractivity contribution in [1.29, 1.82) is 0 Å². The summed E-state index contributed by atoms with van der Waals surface area (Å²) in [7, 11) is 0. The van der Waals surface area contributed by atoms with Crippen LogP contribution in [0.2, 0.25) is 0 Å². The predicted molar refractivity (Wildman–Crippen MR) is 134 cm³/mol. The molecule has 5 rings (SSSR count). The van der Waals surface area contributed by atoms with E-state index in [9.17, 15) is 13.6 Å². The quantitative estimate of drug-likeness (QED) is 0.376. The minimum atomic E-state index is -0.723. The van der Waals surface area contributed by atoms with Gasteiger partial charge in [-0.3, -0.25) is 4.79 Å². The van der Waals surface area contributed by atoms with E-state index in [0.717, 1.165) is 11.6 Å². The van der Waals surface area contributed by atoms with Gasteiger partial charge in [0.2, 0.25) is 0 Å². The van der Waals surface area contributed by atoms with Crippen molar-refractivity contribution in [2.24, 2.45) is 0 Å². The average Bonchev–Trinajstić information content (AvgIpc) is 2.90. The molecule has 0 spiro atoms. The van der Waals surface area contributed by atoms with Crippen LogP contribution in [0.3, 0.4) is 0 Å². The van der Waals surface area contributed by atoms with Crippen LogP contribution in [-0.2, 0) is 13.2 Å². The fraction of sp³-hybridized carbons (Fsp3) is 0.138. The molecule has 0 saturated heterocycles. The SMILES string of the molecule is O=C1NCCOc2ccccc2-c2cc(c(F)cc2F)NCc2cc1ccc2OCc1ccccc1. The average molecular weight is 487 g/mol. The molecule has 2 N–H and O–H groups in total. The molecule has 36 heavy (non-hydrogen) atoms. The van der Waals surface area contributed by atoms with Crippen LogP contribution in [0.4, 0.5) is 14.5 Å². The maximum atomic E-state index is 14.8. The molecule has 0 aliphatic carbocycles. The number of halogens is 2. The number of hydrogen-bond donors (Lipinski definition) is 2. The fourth-order valence-corrected chi connectivity index (χ4v) is 4.06. The molecule has 0 fully saturated rings. The molecule has 1 heterocycles. The number of carbonyl (C=O) groups excluding carboxylic acids is 1. The summed E-state index contributed by atoms with van der Waals surface area (Å²) in [5.41, 5.74) is 2.92. The predicted octanol–water partition coefficient (Wildman–Crippen LogP) is 5.95. The van der Waals surface area contributed by atoms with Gasteiger partial charge in [-0.05, 0) is 35.9 Å². The highest BCUT2D eigenvalue weighted by atomic mass is 19.1. The van der Waals surface area contributed by atoms with E-state index in [1.807, 2.05) is 30.3 Å². The van der Waals surface area contributed by atoms with E-state index in [-0.39, 0.29) is 36.9 Å². The van der Waals surface area contributed by atoms with Gasteiger partial charge >= 0.3 is 0 Å². The topological polar surface area (TPSA) is 59.6 Å². The maximum absolute atomic E-state index is 14.8. The van der Waals surface area contributed by atoms with Gasteiger partial charge in [-0.2, -0.15) is 0 Å². The van der Waals surface area contributed by atoms with Crippen LogP contribution < -0.4 is 20.1 Å². The number of fused-ring (bicyclic) bond motifs is 6. The number of para-hydroxylation sites is 1. The summed E-state index contributed by atoms with van der Waals surface area (Å²) < 4.78 is 41.4. The maximum Gasteiger partial charge on any atom is 0.251 e. The van der Waals surface area contributed by atoms with E-state index in [2.05, 4.69) is 10.6 Å². The molecule has 0 radical (unpaired) electrons. The van der Waals surface area contributed by atoms with E-state index in [1.165, 1.54) is 6.07 Å². The highest BCUT2D eigenvalue weighted by Gasteiger charge is 2.17. The van der Waals surface area contributed by atoms with E-state index in [4.69, 9.17) is 9.47 Å². The van der Waals surface area contributed by atoms with Gasteiger partial charge in [0.25, 0.3) is 5.91 Å². The number of anilines is 1. The van der Waals surface area contributed by atoms with Gasteiger partial charge in [0.05, 0.1) is 12.2 Å². The Balaban J connectivity index is 1.51. The molecule has 4 aromatic rings. The smallest absolute Gasteiger partial charge is 0.251 e. The summed E-state index contributed by atoms with van der Waals surface area (Å²) in [6.45, 7) is 0.930. The van der Waals surface area contributed by atoms with Crippen molar-refractivity contribution < 1.29 is 23.0 Å². The third-order valence-electron chi connectivity index (χ3n) is 5.91. The molecule has 1 aliphatic rings.